The van der Waals surface area contributed by atoms with Crippen molar-refractivity contribution in [2.24, 2.45) is 0 Å². The molecule has 1 saturated carbocycles. The molecule has 2 fully saturated rings. The number of imidazole rings is 1. The third kappa shape index (κ3) is 2.77. The molecule has 1 amide bonds. The zero-order valence-corrected chi connectivity index (χ0v) is 16.6. The van der Waals surface area contributed by atoms with Gasteiger partial charge in [-0.05, 0) is 69.0 Å². The van der Waals surface area contributed by atoms with Crippen molar-refractivity contribution in [2.75, 3.05) is 28.6 Å². The number of anilines is 3. The minimum atomic E-state index is -0.320. The Morgan fingerprint density at radius 3 is 2.72 bits per heavy atom. The van der Waals surface area contributed by atoms with Crippen molar-refractivity contribution in [3.8, 4) is 11.4 Å². The Kier molecular flexibility index (Phi) is 3.63. The number of rotatable bonds is 3. The van der Waals surface area contributed by atoms with E-state index in [1.165, 1.54) is 31.4 Å². The van der Waals surface area contributed by atoms with E-state index in [1.807, 2.05) is 19.1 Å². The van der Waals surface area contributed by atoms with E-state index >= 15 is 0 Å². The van der Waals surface area contributed by atoms with Crippen LogP contribution in [0.5, 0.6) is 0 Å². The number of carbonyl (C=O) groups is 1. The quantitative estimate of drug-likeness (QED) is 0.700. The summed E-state index contributed by atoms with van der Waals surface area (Å²) in [6, 6.07) is 12.9. The van der Waals surface area contributed by atoms with Gasteiger partial charge in [0.05, 0.1) is 16.7 Å². The van der Waals surface area contributed by atoms with Crippen LogP contribution in [0.2, 0.25) is 0 Å². The molecule has 3 aliphatic rings. The van der Waals surface area contributed by atoms with E-state index in [2.05, 4.69) is 44.4 Å². The fourth-order valence-electron chi connectivity index (χ4n) is 4.59. The molecule has 0 spiro atoms. The van der Waals surface area contributed by atoms with E-state index in [-0.39, 0.29) is 11.9 Å². The molecular weight excluding hydrogens is 362 g/mol. The average molecular weight is 387 g/mol. The summed E-state index contributed by atoms with van der Waals surface area (Å²) in [6.07, 6.45) is 4.95. The van der Waals surface area contributed by atoms with Crippen LogP contribution in [-0.2, 0) is 4.79 Å². The van der Waals surface area contributed by atoms with Crippen LogP contribution in [0.3, 0.4) is 0 Å². The lowest BCUT2D eigenvalue weighted by molar-refractivity contribution is -0.118. The summed E-state index contributed by atoms with van der Waals surface area (Å²) in [7, 11) is 0. The summed E-state index contributed by atoms with van der Waals surface area (Å²) in [4.78, 5) is 20.3. The summed E-state index contributed by atoms with van der Waals surface area (Å²) >= 11 is 0. The van der Waals surface area contributed by atoms with E-state index < -0.39 is 0 Å². The van der Waals surface area contributed by atoms with Crippen molar-refractivity contribution in [3.05, 3.63) is 36.4 Å². The minimum Gasteiger partial charge on any atom is -0.382 e. The third-order valence-corrected chi connectivity index (χ3v) is 6.38. The summed E-state index contributed by atoms with van der Waals surface area (Å²) in [5.74, 6) is 0.856. The van der Waals surface area contributed by atoms with Crippen LogP contribution < -0.4 is 15.5 Å². The molecule has 2 aromatic carbocycles. The smallest absolute Gasteiger partial charge is 0.247 e. The van der Waals surface area contributed by atoms with Crippen LogP contribution in [0.25, 0.3) is 22.4 Å². The maximum atomic E-state index is 12.8. The molecule has 1 saturated heterocycles. The first kappa shape index (κ1) is 16.9. The topological polar surface area (TPSA) is 62.2 Å². The fraction of sp³-hybridized carbons (Fsp3) is 0.391. The van der Waals surface area contributed by atoms with Crippen LogP contribution in [0.4, 0.5) is 17.1 Å². The van der Waals surface area contributed by atoms with Crippen LogP contribution in [0.1, 0.15) is 38.6 Å². The highest BCUT2D eigenvalue weighted by Crippen LogP contribution is 2.39. The number of nitrogens with one attached hydrogen (secondary N) is 2. The first-order valence-corrected chi connectivity index (χ1v) is 10.7. The highest BCUT2D eigenvalue weighted by molar-refractivity contribution is 6.02. The van der Waals surface area contributed by atoms with Gasteiger partial charge in [0.25, 0.3) is 0 Å². The molecule has 1 atom stereocenters. The minimum absolute atomic E-state index is 0.00387. The number of hydrogen-bond acceptors (Lipinski definition) is 4. The van der Waals surface area contributed by atoms with E-state index in [1.54, 1.807) is 0 Å². The van der Waals surface area contributed by atoms with Crippen molar-refractivity contribution < 1.29 is 4.79 Å². The molecule has 1 aliphatic carbocycles. The number of benzene rings is 2. The zero-order chi connectivity index (χ0) is 19.5. The third-order valence-electron chi connectivity index (χ3n) is 6.38. The fourth-order valence-corrected chi connectivity index (χ4v) is 4.59. The molecule has 1 aromatic heterocycles. The maximum absolute atomic E-state index is 12.8. The Balaban J connectivity index is 1.52. The molecule has 3 heterocycles. The molecule has 3 aromatic rings. The van der Waals surface area contributed by atoms with Crippen LogP contribution in [0.15, 0.2) is 36.4 Å². The maximum Gasteiger partial charge on any atom is 0.247 e. The van der Waals surface area contributed by atoms with Gasteiger partial charge in [-0.15, -0.1) is 0 Å². The standard InChI is InChI=1S/C23H25N5O/c1-14-23(29)26-19-8-6-16(24-15-4-5-15)12-18(19)22-25-20-13-17(27-10-2-3-11-27)7-9-21(20)28(14)22/h6-9,12-15,24H,2-5,10-11H2,1H3,(H,26,29). The van der Waals surface area contributed by atoms with Gasteiger partial charge < -0.3 is 20.1 Å². The molecule has 148 valence electrons. The summed E-state index contributed by atoms with van der Waals surface area (Å²) in [5, 5.41) is 6.65. The molecule has 1 unspecified atom stereocenters. The first-order chi connectivity index (χ1) is 14.2. The highest BCUT2D eigenvalue weighted by atomic mass is 16.2. The molecule has 6 nitrogen and oxygen atoms in total. The number of amides is 1. The number of carbonyl (C=O) groups excluding carboxylic acids is 1. The predicted octanol–water partition coefficient (Wildman–Crippen LogP) is 4.39. The van der Waals surface area contributed by atoms with Crippen LogP contribution >= 0.6 is 0 Å². The summed E-state index contributed by atoms with van der Waals surface area (Å²) in [6.45, 7) is 4.16. The predicted molar refractivity (Wildman–Crippen MR) is 117 cm³/mol. The largest absolute Gasteiger partial charge is 0.382 e. The highest BCUT2D eigenvalue weighted by Gasteiger charge is 2.29. The molecule has 2 N–H and O–H groups in total. The van der Waals surface area contributed by atoms with E-state index in [9.17, 15) is 4.79 Å². The number of hydrogen-bond donors (Lipinski definition) is 2. The Labute approximate surface area is 169 Å². The second kappa shape index (κ2) is 6.24. The summed E-state index contributed by atoms with van der Waals surface area (Å²) < 4.78 is 2.09. The SMILES string of the molecule is CC1C(=O)Nc2ccc(NC3CC3)cc2-c2nc3cc(N4CCCC4)ccc3n21. The number of nitrogens with zero attached hydrogens (tertiary/aromatic N) is 3. The zero-order valence-electron chi connectivity index (χ0n) is 16.6. The Morgan fingerprint density at radius 1 is 1.10 bits per heavy atom. The molecule has 0 radical (unpaired) electrons. The van der Waals surface area contributed by atoms with E-state index in [4.69, 9.17) is 4.98 Å². The van der Waals surface area contributed by atoms with Gasteiger partial charge in [-0.3, -0.25) is 4.79 Å². The van der Waals surface area contributed by atoms with Gasteiger partial charge in [0.15, 0.2) is 0 Å². The lowest BCUT2D eigenvalue weighted by Gasteiger charge is -2.18. The van der Waals surface area contributed by atoms with E-state index in [0.717, 1.165) is 46.9 Å². The van der Waals surface area contributed by atoms with Crippen molar-refractivity contribution in [1.82, 2.24) is 9.55 Å². The average Bonchev–Trinajstić information content (AvgIpc) is 3.26. The summed E-state index contributed by atoms with van der Waals surface area (Å²) in [5.41, 5.74) is 6.09. The Bertz CT molecular complexity index is 1120. The first-order valence-electron chi connectivity index (χ1n) is 10.7. The van der Waals surface area contributed by atoms with Gasteiger partial charge in [-0.1, -0.05) is 0 Å². The molecule has 0 bridgehead atoms. The monoisotopic (exact) mass is 387 g/mol. The Morgan fingerprint density at radius 2 is 1.93 bits per heavy atom. The van der Waals surface area contributed by atoms with Gasteiger partial charge in [-0.25, -0.2) is 4.98 Å². The second-order valence-electron chi connectivity index (χ2n) is 8.52. The number of aromatic nitrogens is 2. The molecule has 6 rings (SSSR count). The lowest BCUT2D eigenvalue weighted by atomic mass is 10.1. The van der Waals surface area contributed by atoms with Crippen molar-refractivity contribution in [1.29, 1.82) is 0 Å². The van der Waals surface area contributed by atoms with Crippen molar-refractivity contribution in [2.45, 2.75) is 44.7 Å². The van der Waals surface area contributed by atoms with Gasteiger partial charge in [0.1, 0.15) is 11.9 Å². The van der Waals surface area contributed by atoms with Crippen molar-refractivity contribution in [3.63, 3.8) is 0 Å². The number of fused-ring (bicyclic) bond motifs is 5. The molecule has 6 heteroatoms. The van der Waals surface area contributed by atoms with Gasteiger partial charge in [0.2, 0.25) is 5.91 Å². The van der Waals surface area contributed by atoms with Gasteiger partial charge in [-0.2, -0.15) is 0 Å². The molecular formula is C23H25N5O. The lowest BCUT2D eigenvalue weighted by Crippen LogP contribution is -2.21. The normalized spacial score (nSPS) is 20.9. The van der Waals surface area contributed by atoms with Crippen LogP contribution in [0, 0.1) is 0 Å². The van der Waals surface area contributed by atoms with E-state index in [0.29, 0.717) is 6.04 Å². The van der Waals surface area contributed by atoms with Crippen LogP contribution in [-0.4, -0.2) is 34.6 Å². The van der Waals surface area contributed by atoms with Gasteiger partial charge in [0, 0.05) is 36.1 Å². The Hall–Kier alpha value is -3.02. The van der Waals surface area contributed by atoms with Crippen molar-refractivity contribution >= 4 is 34.0 Å². The molecule has 2 aliphatic heterocycles. The molecule has 29 heavy (non-hydrogen) atoms. The second-order valence-corrected chi connectivity index (χ2v) is 8.52. The van der Waals surface area contributed by atoms with Gasteiger partial charge >= 0.3 is 0 Å².